The Morgan fingerprint density at radius 2 is 1.94 bits per heavy atom. The lowest BCUT2D eigenvalue weighted by molar-refractivity contribution is 0.302. The summed E-state index contributed by atoms with van der Waals surface area (Å²) >= 11 is 1.81. The standard InChI is InChI=1S/C15H28N2S/c1-6-7-8-9-15(4,5)11-16-10-14-12(2)17-13(3)18-14/h16H,6-11H2,1-5H3. The van der Waals surface area contributed by atoms with Gasteiger partial charge in [0.1, 0.15) is 0 Å². The zero-order valence-electron chi connectivity index (χ0n) is 12.6. The van der Waals surface area contributed by atoms with Gasteiger partial charge in [0, 0.05) is 18.0 Å². The molecule has 18 heavy (non-hydrogen) atoms. The Morgan fingerprint density at radius 1 is 1.22 bits per heavy atom. The lowest BCUT2D eigenvalue weighted by atomic mass is 9.87. The molecule has 2 nitrogen and oxygen atoms in total. The number of rotatable bonds is 8. The normalized spacial score (nSPS) is 12.1. The number of thiazole rings is 1. The summed E-state index contributed by atoms with van der Waals surface area (Å²) in [7, 11) is 0. The molecule has 0 aliphatic heterocycles. The molecule has 0 bridgehead atoms. The van der Waals surface area contributed by atoms with Gasteiger partial charge >= 0.3 is 0 Å². The molecule has 0 aromatic carbocycles. The molecular weight excluding hydrogens is 240 g/mol. The highest BCUT2D eigenvalue weighted by atomic mass is 32.1. The number of aryl methyl sites for hydroxylation is 2. The predicted molar refractivity (Wildman–Crippen MR) is 81.2 cm³/mol. The highest BCUT2D eigenvalue weighted by Crippen LogP contribution is 2.23. The van der Waals surface area contributed by atoms with E-state index in [4.69, 9.17) is 0 Å². The van der Waals surface area contributed by atoms with E-state index in [9.17, 15) is 0 Å². The minimum absolute atomic E-state index is 0.406. The summed E-state index contributed by atoms with van der Waals surface area (Å²) in [5.41, 5.74) is 1.59. The molecule has 0 unspecified atom stereocenters. The van der Waals surface area contributed by atoms with Crippen LogP contribution in [0.5, 0.6) is 0 Å². The largest absolute Gasteiger partial charge is 0.311 e. The second-order valence-corrected chi connectivity index (χ2v) is 7.25. The average Bonchev–Trinajstić information content (AvgIpc) is 2.57. The predicted octanol–water partition coefficient (Wildman–Crippen LogP) is 4.46. The first kappa shape index (κ1) is 15.6. The minimum atomic E-state index is 0.406. The number of unbranched alkanes of at least 4 members (excludes halogenated alkanes) is 2. The van der Waals surface area contributed by atoms with Crippen LogP contribution in [-0.2, 0) is 6.54 Å². The summed E-state index contributed by atoms with van der Waals surface area (Å²) in [6, 6.07) is 0. The van der Waals surface area contributed by atoms with E-state index in [-0.39, 0.29) is 0 Å². The van der Waals surface area contributed by atoms with Crippen LogP contribution >= 0.6 is 11.3 Å². The van der Waals surface area contributed by atoms with Crippen molar-refractivity contribution in [3.8, 4) is 0 Å². The number of nitrogens with one attached hydrogen (secondary N) is 1. The van der Waals surface area contributed by atoms with Crippen molar-refractivity contribution in [1.29, 1.82) is 0 Å². The lowest BCUT2D eigenvalue weighted by Crippen LogP contribution is -2.29. The molecule has 0 radical (unpaired) electrons. The first-order chi connectivity index (χ1) is 8.44. The maximum atomic E-state index is 4.47. The SMILES string of the molecule is CCCCCC(C)(C)CNCc1sc(C)nc1C. The van der Waals surface area contributed by atoms with E-state index in [1.165, 1.54) is 41.3 Å². The second-order valence-electron chi connectivity index (χ2n) is 5.97. The Morgan fingerprint density at radius 3 is 2.50 bits per heavy atom. The molecule has 1 aromatic heterocycles. The quantitative estimate of drug-likeness (QED) is 0.704. The Kier molecular flexibility index (Phi) is 6.30. The van der Waals surface area contributed by atoms with Gasteiger partial charge in [-0.15, -0.1) is 11.3 Å². The van der Waals surface area contributed by atoms with E-state index in [0.717, 1.165) is 13.1 Å². The van der Waals surface area contributed by atoms with Crippen LogP contribution in [0.15, 0.2) is 0 Å². The molecule has 0 fully saturated rings. The molecule has 0 saturated carbocycles. The third kappa shape index (κ3) is 5.49. The van der Waals surface area contributed by atoms with Crippen molar-refractivity contribution in [3.05, 3.63) is 15.6 Å². The highest BCUT2D eigenvalue weighted by Gasteiger charge is 2.17. The van der Waals surface area contributed by atoms with Crippen LogP contribution in [0.2, 0.25) is 0 Å². The molecule has 3 heteroatoms. The van der Waals surface area contributed by atoms with Crippen molar-refractivity contribution in [2.45, 2.75) is 66.8 Å². The van der Waals surface area contributed by atoms with E-state index in [0.29, 0.717) is 5.41 Å². The van der Waals surface area contributed by atoms with Crippen molar-refractivity contribution in [1.82, 2.24) is 10.3 Å². The summed E-state index contributed by atoms with van der Waals surface area (Å²) in [5, 5.41) is 4.77. The lowest BCUT2D eigenvalue weighted by Gasteiger charge is -2.25. The van der Waals surface area contributed by atoms with Gasteiger partial charge in [-0.25, -0.2) is 4.98 Å². The average molecular weight is 268 g/mol. The summed E-state index contributed by atoms with van der Waals surface area (Å²) in [4.78, 5) is 5.85. The van der Waals surface area contributed by atoms with Crippen LogP contribution in [-0.4, -0.2) is 11.5 Å². The molecule has 0 saturated heterocycles. The van der Waals surface area contributed by atoms with Gasteiger partial charge < -0.3 is 5.32 Å². The molecule has 1 rings (SSSR count). The number of hydrogen-bond acceptors (Lipinski definition) is 3. The van der Waals surface area contributed by atoms with Gasteiger partial charge in [-0.3, -0.25) is 0 Å². The zero-order valence-corrected chi connectivity index (χ0v) is 13.4. The fourth-order valence-electron chi connectivity index (χ4n) is 2.19. The van der Waals surface area contributed by atoms with Crippen LogP contribution in [0.4, 0.5) is 0 Å². The van der Waals surface area contributed by atoms with Gasteiger partial charge in [0.15, 0.2) is 0 Å². The van der Waals surface area contributed by atoms with Crippen LogP contribution < -0.4 is 5.32 Å². The Labute approximate surface area is 116 Å². The van der Waals surface area contributed by atoms with Crippen LogP contribution in [0.25, 0.3) is 0 Å². The van der Waals surface area contributed by atoms with E-state index in [1.807, 2.05) is 11.3 Å². The summed E-state index contributed by atoms with van der Waals surface area (Å²) in [6.07, 6.45) is 5.33. The first-order valence-corrected chi connectivity index (χ1v) is 7.90. The van der Waals surface area contributed by atoms with Gasteiger partial charge in [-0.05, 0) is 25.7 Å². The Balaban J connectivity index is 2.29. The maximum Gasteiger partial charge on any atom is 0.0900 e. The van der Waals surface area contributed by atoms with Crippen LogP contribution in [0.3, 0.4) is 0 Å². The second kappa shape index (κ2) is 7.25. The van der Waals surface area contributed by atoms with Crippen LogP contribution in [0.1, 0.15) is 62.0 Å². The molecule has 1 aromatic rings. The molecule has 0 aliphatic carbocycles. The molecule has 0 amide bonds. The monoisotopic (exact) mass is 268 g/mol. The molecule has 1 heterocycles. The Hall–Kier alpha value is -0.410. The van der Waals surface area contributed by atoms with Crippen molar-refractivity contribution in [2.24, 2.45) is 5.41 Å². The van der Waals surface area contributed by atoms with Gasteiger partial charge in [-0.1, -0.05) is 40.0 Å². The fourth-order valence-corrected chi connectivity index (χ4v) is 3.10. The fraction of sp³-hybridized carbons (Fsp3) is 0.800. The zero-order chi connectivity index (χ0) is 13.6. The van der Waals surface area contributed by atoms with Crippen molar-refractivity contribution < 1.29 is 0 Å². The van der Waals surface area contributed by atoms with Crippen molar-refractivity contribution >= 4 is 11.3 Å². The topological polar surface area (TPSA) is 24.9 Å². The summed E-state index contributed by atoms with van der Waals surface area (Å²) in [5.74, 6) is 0. The van der Waals surface area contributed by atoms with Gasteiger partial charge in [0.05, 0.1) is 10.7 Å². The minimum Gasteiger partial charge on any atom is -0.311 e. The summed E-state index contributed by atoms with van der Waals surface area (Å²) < 4.78 is 0. The van der Waals surface area contributed by atoms with E-state index in [2.05, 4.69) is 44.9 Å². The number of aromatic nitrogens is 1. The van der Waals surface area contributed by atoms with E-state index < -0.39 is 0 Å². The molecule has 0 spiro atoms. The summed E-state index contributed by atoms with van der Waals surface area (Å²) in [6.45, 7) is 13.2. The smallest absolute Gasteiger partial charge is 0.0900 e. The van der Waals surface area contributed by atoms with Gasteiger partial charge in [0.2, 0.25) is 0 Å². The highest BCUT2D eigenvalue weighted by molar-refractivity contribution is 7.11. The molecule has 104 valence electrons. The molecule has 0 aliphatic rings. The number of hydrogen-bond donors (Lipinski definition) is 1. The van der Waals surface area contributed by atoms with Crippen molar-refractivity contribution in [2.75, 3.05) is 6.54 Å². The Bertz CT molecular complexity index is 355. The maximum absolute atomic E-state index is 4.47. The third-order valence-electron chi connectivity index (χ3n) is 3.35. The molecule has 0 atom stereocenters. The van der Waals surface area contributed by atoms with E-state index in [1.54, 1.807) is 0 Å². The number of nitrogens with zero attached hydrogens (tertiary/aromatic N) is 1. The third-order valence-corrected chi connectivity index (χ3v) is 4.42. The van der Waals surface area contributed by atoms with Gasteiger partial charge in [-0.2, -0.15) is 0 Å². The van der Waals surface area contributed by atoms with Crippen LogP contribution in [0, 0.1) is 19.3 Å². The van der Waals surface area contributed by atoms with E-state index >= 15 is 0 Å². The molecule has 1 N–H and O–H groups in total. The van der Waals surface area contributed by atoms with Gasteiger partial charge in [0.25, 0.3) is 0 Å². The first-order valence-electron chi connectivity index (χ1n) is 7.08. The molecular formula is C15H28N2S. The van der Waals surface area contributed by atoms with Crippen molar-refractivity contribution in [3.63, 3.8) is 0 Å².